The van der Waals surface area contributed by atoms with E-state index in [4.69, 9.17) is 0 Å². The van der Waals surface area contributed by atoms with Crippen LogP contribution in [0.5, 0.6) is 0 Å². The molecular weight excluding hydrogens is 396 g/mol. The molecule has 0 aromatic heterocycles. The van der Waals surface area contributed by atoms with Crippen LogP contribution in [0.25, 0.3) is 0 Å². The molecule has 0 aliphatic carbocycles. The van der Waals surface area contributed by atoms with Gasteiger partial charge < -0.3 is 5.32 Å². The summed E-state index contributed by atoms with van der Waals surface area (Å²) in [5.74, 6) is 0. The number of halogens is 2. The second-order valence-corrected chi connectivity index (χ2v) is 7.94. The molecular formula is C12H18Br2N2O2S. The maximum atomic E-state index is 12.1. The highest BCUT2D eigenvalue weighted by atomic mass is 79.9. The summed E-state index contributed by atoms with van der Waals surface area (Å²) in [5.41, 5.74) is 0. The fourth-order valence-corrected chi connectivity index (χ4v) is 4.27. The molecule has 0 bridgehead atoms. The molecule has 0 saturated heterocycles. The molecule has 0 aliphatic heterocycles. The van der Waals surface area contributed by atoms with Crippen molar-refractivity contribution < 1.29 is 8.42 Å². The van der Waals surface area contributed by atoms with Gasteiger partial charge in [-0.25, -0.2) is 13.1 Å². The van der Waals surface area contributed by atoms with E-state index in [1.807, 2.05) is 0 Å². The minimum absolute atomic E-state index is 0.257. The van der Waals surface area contributed by atoms with Gasteiger partial charge in [-0.15, -0.1) is 0 Å². The molecule has 19 heavy (non-hydrogen) atoms. The summed E-state index contributed by atoms with van der Waals surface area (Å²) in [6, 6.07) is 5.41. The zero-order valence-corrected chi connectivity index (χ0v) is 14.9. The van der Waals surface area contributed by atoms with Crippen LogP contribution in [-0.4, -0.2) is 27.5 Å². The van der Waals surface area contributed by atoms with Crippen LogP contribution < -0.4 is 10.0 Å². The minimum Gasteiger partial charge on any atom is -0.314 e. The molecule has 2 N–H and O–H groups in total. The molecule has 0 saturated carbocycles. The van der Waals surface area contributed by atoms with E-state index >= 15 is 0 Å². The maximum absolute atomic E-state index is 12.1. The molecule has 0 atom stereocenters. The molecule has 0 radical (unpaired) electrons. The molecule has 0 amide bonds. The standard InChI is InChI=1S/C12H18Br2N2O2S/c1-9(2)15-6-3-7-16-19(17,18)12-5-4-10(13)8-11(12)14/h4-5,8-9,15-16H,3,6-7H2,1-2H3. The van der Waals surface area contributed by atoms with Gasteiger partial charge in [0.25, 0.3) is 0 Å². The topological polar surface area (TPSA) is 58.2 Å². The Balaban J connectivity index is 2.56. The summed E-state index contributed by atoms with van der Waals surface area (Å²) in [6.07, 6.45) is 0.756. The molecule has 0 aliphatic rings. The molecule has 1 aromatic carbocycles. The Morgan fingerprint density at radius 3 is 2.47 bits per heavy atom. The zero-order chi connectivity index (χ0) is 14.5. The molecule has 1 rings (SSSR count). The van der Waals surface area contributed by atoms with Crippen LogP contribution in [0.1, 0.15) is 20.3 Å². The van der Waals surface area contributed by atoms with Gasteiger partial charge in [0.2, 0.25) is 10.0 Å². The van der Waals surface area contributed by atoms with Crippen LogP contribution in [0.2, 0.25) is 0 Å². The lowest BCUT2D eigenvalue weighted by molar-refractivity contribution is 0.554. The van der Waals surface area contributed by atoms with Gasteiger partial charge >= 0.3 is 0 Å². The number of hydrogen-bond donors (Lipinski definition) is 2. The first kappa shape index (κ1) is 17.1. The largest absolute Gasteiger partial charge is 0.314 e. The summed E-state index contributed by atoms with van der Waals surface area (Å²) in [5, 5.41) is 3.24. The highest BCUT2D eigenvalue weighted by Crippen LogP contribution is 2.25. The van der Waals surface area contributed by atoms with Crippen molar-refractivity contribution in [2.24, 2.45) is 0 Å². The maximum Gasteiger partial charge on any atom is 0.241 e. The molecule has 0 spiro atoms. The molecule has 1 aromatic rings. The summed E-state index contributed by atoms with van der Waals surface area (Å²) < 4.78 is 28.1. The molecule has 0 heterocycles. The first-order valence-corrected chi connectivity index (χ1v) is 9.08. The quantitative estimate of drug-likeness (QED) is 0.675. The van der Waals surface area contributed by atoms with E-state index in [-0.39, 0.29) is 4.90 Å². The predicted octanol–water partition coefficient (Wildman–Crippen LogP) is 2.88. The van der Waals surface area contributed by atoms with Crippen molar-refractivity contribution in [3.05, 3.63) is 27.1 Å². The van der Waals surface area contributed by atoms with Crippen LogP contribution in [0.15, 0.2) is 32.0 Å². The third-order valence-corrected chi connectivity index (χ3v) is 5.31. The van der Waals surface area contributed by atoms with Crippen molar-refractivity contribution >= 4 is 41.9 Å². The van der Waals surface area contributed by atoms with Gasteiger partial charge in [-0.2, -0.15) is 0 Å². The Kier molecular flexibility index (Phi) is 6.96. The first-order chi connectivity index (χ1) is 8.83. The number of rotatable bonds is 7. The van der Waals surface area contributed by atoms with E-state index < -0.39 is 10.0 Å². The summed E-state index contributed by atoms with van der Waals surface area (Å²) in [7, 11) is -3.45. The van der Waals surface area contributed by atoms with E-state index in [0.717, 1.165) is 17.4 Å². The van der Waals surface area contributed by atoms with Crippen LogP contribution >= 0.6 is 31.9 Å². The van der Waals surface area contributed by atoms with Gasteiger partial charge in [0, 0.05) is 21.5 Å². The van der Waals surface area contributed by atoms with Gasteiger partial charge in [-0.1, -0.05) is 29.8 Å². The third kappa shape index (κ3) is 5.91. The molecule has 4 nitrogen and oxygen atoms in total. The van der Waals surface area contributed by atoms with Crippen LogP contribution in [0, 0.1) is 0 Å². The Morgan fingerprint density at radius 2 is 1.89 bits per heavy atom. The average molecular weight is 414 g/mol. The van der Waals surface area contributed by atoms with E-state index in [9.17, 15) is 8.42 Å². The minimum atomic E-state index is -3.45. The van der Waals surface area contributed by atoms with Crippen LogP contribution in [0.4, 0.5) is 0 Å². The Hall–Kier alpha value is 0.0500. The summed E-state index contributed by atoms with van der Waals surface area (Å²) in [6.45, 7) is 5.33. The monoisotopic (exact) mass is 412 g/mol. The molecule has 0 unspecified atom stereocenters. The van der Waals surface area contributed by atoms with E-state index in [2.05, 4.69) is 55.7 Å². The smallest absolute Gasteiger partial charge is 0.241 e. The normalized spacial score (nSPS) is 12.1. The lowest BCUT2D eigenvalue weighted by Crippen LogP contribution is -2.29. The van der Waals surface area contributed by atoms with Crippen molar-refractivity contribution in [2.75, 3.05) is 13.1 Å². The average Bonchev–Trinajstić information content (AvgIpc) is 2.27. The second-order valence-electron chi connectivity index (χ2n) is 4.43. The Morgan fingerprint density at radius 1 is 1.21 bits per heavy atom. The summed E-state index contributed by atoms with van der Waals surface area (Å²) in [4.78, 5) is 0.257. The number of nitrogens with one attached hydrogen (secondary N) is 2. The van der Waals surface area contributed by atoms with Gasteiger partial charge in [-0.3, -0.25) is 0 Å². The number of benzene rings is 1. The SMILES string of the molecule is CC(C)NCCCNS(=O)(=O)c1ccc(Br)cc1Br. The predicted molar refractivity (Wildman–Crippen MR) is 84.8 cm³/mol. The first-order valence-electron chi connectivity index (χ1n) is 6.01. The van der Waals surface area contributed by atoms with Gasteiger partial charge in [0.15, 0.2) is 0 Å². The molecule has 108 valence electrons. The van der Waals surface area contributed by atoms with Crippen LogP contribution in [0.3, 0.4) is 0 Å². The van der Waals surface area contributed by atoms with Crippen LogP contribution in [-0.2, 0) is 10.0 Å². The third-order valence-electron chi connectivity index (χ3n) is 2.38. The van der Waals surface area contributed by atoms with Crippen molar-refractivity contribution in [1.29, 1.82) is 0 Å². The fourth-order valence-electron chi connectivity index (χ4n) is 1.46. The molecule has 0 fully saturated rings. The van der Waals surface area contributed by atoms with Gasteiger partial charge in [-0.05, 0) is 47.1 Å². The zero-order valence-electron chi connectivity index (χ0n) is 10.9. The molecule has 7 heteroatoms. The Bertz CT molecular complexity index is 518. The van der Waals surface area contributed by atoms with Gasteiger partial charge in [0.1, 0.15) is 0 Å². The lowest BCUT2D eigenvalue weighted by Gasteiger charge is -2.10. The number of hydrogen-bond acceptors (Lipinski definition) is 3. The van der Waals surface area contributed by atoms with Crippen molar-refractivity contribution in [3.63, 3.8) is 0 Å². The van der Waals surface area contributed by atoms with E-state index in [1.54, 1.807) is 18.2 Å². The number of sulfonamides is 1. The highest BCUT2D eigenvalue weighted by molar-refractivity contribution is 9.11. The second kappa shape index (κ2) is 7.73. The van der Waals surface area contributed by atoms with Crippen molar-refractivity contribution in [2.45, 2.75) is 31.2 Å². The lowest BCUT2D eigenvalue weighted by atomic mass is 10.3. The van der Waals surface area contributed by atoms with E-state index in [1.165, 1.54) is 0 Å². The Labute approximate surface area is 131 Å². The fraction of sp³-hybridized carbons (Fsp3) is 0.500. The summed E-state index contributed by atoms with van der Waals surface area (Å²) >= 11 is 6.56. The van der Waals surface area contributed by atoms with Gasteiger partial charge in [0.05, 0.1) is 4.90 Å². The van der Waals surface area contributed by atoms with Crippen molar-refractivity contribution in [1.82, 2.24) is 10.0 Å². The van der Waals surface area contributed by atoms with E-state index in [0.29, 0.717) is 17.1 Å². The van der Waals surface area contributed by atoms with Crippen molar-refractivity contribution in [3.8, 4) is 0 Å². The highest BCUT2D eigenvalue weighted by Gasteiger charge is 2.16.